The van der Waals surface area contributed by atoms with Gasteiger partial charge in [0.1, 0.15) is 0 Å². The second kappa shape index (κ2) is 9.58. The molecule has 0 heterocycles. The van der Waals surface area contributed by atoms with Crippen LogP contribution in [-0.4, -0.2) is 18.4 Å². The SMILES string of the molecule is CC(=O)c1ccccc1.CCCCOC(C)=O. The van der Waals surface area contributed by atoms with Crippen LogP contribution in [0, 0.1) is 0 Å². The maximum atomic E-state index is 10.6. The summed E-state index contributed by atoms with van der Waals surface area (Å²) in [5.74, 6) is -0.0611. The molecule has 3 nitrogen and oxygen atoms in total. The van der Waals surface area contributed by atoms with Crippen LogP contribution < -0.4 is 0 Å². The van der Waals surface area contributed by atoms with E-state index in [1.165, 1.54) is 6.92 Å². The average molecular weight is 236 g/mol. The molecular formula is C14H20O3. The van der Waals surface area contributed by atoms with Crippen LogP contribution in [0.1, 0.15) is 44.0 Å². The highest BCUT2D eigenvalue weighted by molar-refractivity contribution is 5.93. The van der Waals surface area contributed by atoms with Gasteiger partial charge in [-0.3, -0.25) is 9.59 Å². The van der Waals surface area contributed by atoms with E-state index in [1.54, 1.807) is 6.92 Å². The van der Waals surface area contributed by atoms with Crippen LogP contribution in [0.3, 0.4) is 0 Å². The van der Waals surface area contributed by atoms with Gasteiger partial charge in [-0.2, -0.15) is 0 Å². The Labute approximate surface area is 103 Å². The number of hydrogen-bond donors (Lipinski definition) is 0. The van der Waals surface area contributed by atoms with Gasteiger partial charge in [0.05, 0.1) is 6.61 Å². The van der Waals surface area contributed by atoms with Gasteiger partial charge in [-0.1, -0.05) is 43.7 Å². The molecule has 0 N–H and O–H groups in total. The number of carbonyl (C=O) groups is 2. The molecule has 0 saturated carbocycles. The molecule has 0 aliphatic rings. The summed E-state index contributed by atoms with van der Waals surface area (Å²) in [5.41, 5.74) is 0.775. The van der Waals surface area contributed by atoms with Crippen molar-refractivity contribution in [3.63, 3.8) is 0 Å². The van der Waals surface area contributed by atoms with Crippen LogP contribution in [0.4, 0.5) is 0 Å². The molecule has 3 heteroatoms. The van der Waals surface area contributed by atoms with Gasteiger partial charge in [0.15, 0.2) is 5.78 Å². The molecule has 0 radical (unpaired) electrons. The fourth-order valence-electron chi connectivity index (χ4n) is 1.03. The first-order valence-electron chi connectivity index (χ1n) is 5.77. The van der Waals surface area contributed by atoms with Crippen molar-refractivity contribution in [1.82, 2.24) is 0 Å². The molecule has 0 fully saturated rings. The lowest BCUT2D eigenvalue weighted by Crippen LogP contribution is -1.99. The average Bonchev–Trinajstić information content (AvgIpc) is 2.31. The van der Waals surface area contributed by atoms with E-state index in [0.29, 0.717) is 6.61 Å². The lowest BCUT2D eigenvalue weighted by molar-refractivity contribution is -0.141. The molecule has 0 aliphatic heterocycles. The number of rotatable bonds is 4. The molecule has 0 atom stereocenters. The van der Waals surface area contributed by atoms with Gasteiger partial charge in [-0.25, -0.2) is 0 Å². The molecule has 17 heavy (non-hydrogen) atoms. The number of Topliss-reactive ketones (excluding diaryl/α,β-unsaturated/α-hetero) is 1. The van der Waals surface area contributed by atoms with Crippen LogP contribution in [-0.2, 0) is 9.53 Å². The third kappa shape index (κ3) is 9.30. The molecule has 0 unspecified atom stereocenters. The minimum Gasteiger partial charge on any atom is -0.466 e. The summed E-state index contributed by atoms with van der Waals surface area (Å²) in [6.07, 6.45) is 2.05. The van der Waals surface area contributed by atoms with E-state index in [0.717, 1.165) is 18.4 Å². The van der Waals surface area contributed by atoms with Crippen LogP contribution in [0.2, 0.25) is 0 Å². The fraction of sp³-hybridized carbons (Fsp3) is 0.429. The van der Waals surface area contributed by atoms with Crippen molar-refractivity contribution in [2.75, 3.05) is 6.61 Å². The van der Waals surface area contributed by atoms with E-state index in [9.17, 15) is 9.59 Å². The Morgan fingerprint density at radius 2 is 1.71 bits per heavy atom. The first-order valence-corrected chi connectivity index (χ1v) is 5.77. The standard InChI is InChI=1S/C8H8O.C6H12O2/c1-7(9)8-5-3-2-4-6-8;1-3-4-5-8-6(2)7/h2-6H,1H3;3-5H2,1-2H3. The van der Waals surface area contributed by atoms with Crippen LogP contribution in [0.5, 0.6) is 0 Å². The van der Waals surface area contributed by atoms with Crippen LogP contribution >= 0.6 is 0 Å². The molecule has 1 aromatic carbocycles. The Hall–Kier alpha value is -1.64. The summed E-state index contributed by atoms with van der Waals surface area (Å²) in [6, 6.07) is 9.23. The van der Waals surface area contributed by atoms with Gasteiger partial charge < -0.3 is 4.74 Å². The number of unbranched alkanes of at least 4 members (excludes halogenated alkanes) is 1. The summed E-state index contributed by atoms with van der Waals surface area (Å²) in [6.45, 7) is 5.63. The minimum absolute atomic E-state index is 0.121. The van der Waals surface area contributed by atoms with Gasteiger partial charge in [0.2, 0.25) is 0 Å². The Morgan fingerprint density at radius 3 is 2.06 bits per heavy atom. The van der Waals surface area contributed by atoms with Gasteiger partial charge >= 0.3 is 5.97 Å². The molecule has 0 bridgehead atoms. The van der Waals surface area contributed by atoms with E-state index in [1.807, 2.05) is 30.3 Å². The summed E-state index contributed by atoms with van der Waals surface area (Å²) in [4.78, 5) is 20.7. The predicted molar refractivity (Wildman–Crippen MR) is 68.0 cm³/mol. The Balaban J connectivity index is 0.000000304. The van der Waals surface area contributed by atoms with Crippen molar-refractivity contribution >= 4 is 11.8 Å². The van der Waals surface area contributed by atoms with Crippen molar-refractivity contribution in [3.05, 3.63) is 35.9 Å². The van der Waals surface area contributed by atoms with E-state index in [-0.39, 0.29) is 11.8 Å². The second-order valence-electron chi connectivity index (χ2n) is 3.62. The van der Waals surface area contributed by atoms with E-state index >= 15 is 0 Å². The molecular weight excluding hydrogens is 216 g/mol. The molecule has 0 aromatic heterocycles. The summed E-state index contributed by atoms with van der Waals surface area (Å²) in [7, 11) is 0. The van der Waals surface area contributed by atoms with Crippen molar-refractivity contribution in [3.8, 4) is 0 Å². The number of ether oxygens (including phenoxy) is 1. The van der Waals surface area contributed by atoms with Gasteiger partial charge in [0.25, 0.3) is 0 Å². The molecule has 0 aliphatic carbocycles. The van der Waals surface area contributed by atoms with Gasteiger partial charge in [0, 0.05) is 12.5 Å². The number of carbonyl (C=O) groups excluding carboxylic acids is 2. The topological polar surface area (TPSA) is 43.4 Å². The normalized spacial score (nSPS) is 8.88. The van der Waals surface area contributed by atoms with Gasteiger partial charge in [-0.15, -0.1) is 0 Å². The third-order valence-electron chi connectivity index (χ3n) is 1.98. The maximum absolute atomic E-state index is 10.6. The Bertz CT molecular complexity index is 331. The zero-order chi connectivity index (χ0) is 13.1. The molecule has 94 valence electrons. The van der Waals surface area contributed by atoms with E-state index in [2.05, 4.69) is 11.7 Å². The van der Waals surface area contributed by atoms with Crippen LogP contribution in [0.25, 0.3) is 0 Å². The lowest BCUT2D eigenvalue weighted by atomic mass is 10.2. The van der Waals surface area contributed by atoms with Crippen molar-refractivity contribution in [2.45, 2.75) is 33.6 Å². The Kier molecular flexibility index (Phi) is 8.65. The number of ketones is 1. The molecule has 1 rings (SSSR count). The molecule has 0 saturated heterocycles. The van der Waals surface area contributed by atoms with E-state index < -0.39 is 0 Å². The lowest BCUT2D eigenvalue weighted by Gasteiger charge is -1.96. The number of benzene rings is 1. The summed E-state index contributed by atoms with van der Waals surface area (Å²) in [5, 5.41) is 0. The quantitative estimate of drug-likeness (QED) is 0.458. The Morgan fingerprint density at radius 1 is 1.12 bits per heavy atom. The highest BCUT2D eigenvalue weighted by Gasteiger charge is 1.92. The van der Waals surface area contributed by atoms with Crippen molar-refractivity contribution < 1.29 is 14.3 Å². The molecule has 0 spiro atoms. The first kappa shape index (κ1) is 15.4. The van der Waals surface area contributed by atoms with Crippen molar-refractivity contribution in [1.29, 1.82) is 0 Å². The summed E-state index contributed by atoms with van der Waals surface area (Å²) < 4.78 is 4.64. The zero-order valence-electron chi connectivity index (χ0n) is 10.7. The summed E-state index contributed by atoms with van der Waals surface area (Å²) >= 11 is 0. The minimum atomic E-state index is -0.182. The molecule has 1 aromatic rings. The smallest absolute Gasteiger partial charge is 0.302 e. The first-order chi connectivity index (χ1) is 8.07. The third-order valence-corrected chi connectivity index (χ3v) is 1.98. The van der Waals surface area contributed by atoms with Crippen molar-refractivity contribution in [2.24, 2.45) is 0 Å². The zero-order valence-corrected chi connectivity index (χ0v) is 10.7. The largest absolute Gasteiger partial charge is 0.466 e. The van der Waals surface area contributed by atoms with E-state index in [4.69, 9.17) is 0 Å². The maximum Gasteiger partial charge on any atom is 0.302 e. The van der Waals surface area contributed by atoms with Gasteiger partial charge in [-0.05, 0) is 13.3 Å². The molecule has 0 amide bonds. The fourth-order valence-corrected chi connectivity index (χ4v) is 1.03. The monoisotopic (exact) mass is 236 g/mol. The predicted octanol–water partition coefficient (Wildman–Crippen LogP) is 3.24. The highest BCUT2D eigenvalue weighted by Crippen LogP contribution is 1.97. The number of hydrogen-bond acceptors (Lipinski definition) is 3. The number of esters is 1. The second-order valence-corrected chi connectivity index (χ2v) is 3.62. The highest BCUT2D eigenvalue weighted by atomic mass is 16.5. The van der Waals surface area contributed by atoms with Crippen LogP contribution in [0.15, 0.2) is 30.3 Å².